The summed E-state index contributed by atoms with van der Waals surface area (Å²) in [4.78, 5) is 5.84. The zero-order chi connectivity index (χ0) is 10.1. The fraction of sp³-hybridized carbons (Fsp3) is 0.364. The van der Waals surface area contributed by atoms with E-state index in [2.05, 4.69) is 32.4 Å². The third-order valence-corrected chi connectivity index (χ3v) is 3.63. The van der Waals surface area contributed by atoms with Gasteiger partial charge in [0, 0.05) is 30.1 Å². The predicted octanol–water partition coefficient (Wildman–Crippen LogP) is 1.64. The van der Waals surface area contributed by atoms with Crippen LogP contribution in [0.5, 0.6) is 0 Å². The van der Waals surface area contributed by atoms with Gasteiger partial charge in [0.1, 0.15) is 0 Å². The molecule has 0 bridgehead atoms. The Balaban J connectivity index is 1.89. The molecule has 0 fully saturated rings. The highest BCUT2D eigenvalue weighted by Gasteiger charge is 2.14. The van der Waals surface area contributed by atoms with Gasteiger partial charge >= 0.3 is 0 Å². The van der Waals surface area contributed by atoms with Gasteiger partial charge in [-0.2, -0.15) is 0 Å². The summed E-state index contributed by atoms with van der Waals surface area (Å²) < 4.78 is 2.28. The van der Waals surface area contributed by atoms with Gasteiger partial charge in [0.15, 0.2) is 0 Å². The summed E-state index contributed by atoms with van der Waals surface area (Å²) in [6.45, 7) is 2.97. The molecular weight excluding hydrogens is 206 g/mol. The van der Waals surface area contributed by atoms with E-state index in [1.165, 1.54) is 16.3 Å². The maximum absolute atomic E-state index is 4.44. The molecule has 0 amide bonds. The van der Waals surface area contributed by atoms with E-state index < -0.39 is 0 Å². The van der Waals surface area contributed by atoms with Gasteiger partial charge in [0.2, 0.25) is 0 Å². The minimum Gasteiger partial charge on any atom is -0.329 e. The average molecular weight is 219 g/mol. The summed E-state index contributed by atoms with van der Waals surface area (Å²) in [7, 11) is 0. The van der Waals surface area contributed by atoms with Crippen molar-refractivity contribution in [1.82, 2.24) is 14.9 Å². The molecule has 3 nitrogen and oxygen atoms in total. The highest BCUT2D eigenvalue weighted by atomic mass is 32.1. The second-order valence-electron chi connectivity index (χ2n) is 3.77. The Kier molecular flexibility index (Phi) is 2.31. The lowest BCUT2D eigenvalue weighted by Gasteiger charge is -2.14. The third kappa shape index (κ3) is 1.70. The van der Waals surface area contributed by atoms with Gasteiger partial charge in [-0.05, 0) is 11.4 Å². The number of hydrogen-bond acceptors (Lipinski definition) is 3. The first-order chi connectivity index (χ1) is 7.43. The van der Waals surface area contributed by atoms with Crippen molar-refractivity contribution < 1.29 is 0 Å². The van der Waals surface area contributed by atoms with Crippen molar-refractivity contribution >= 4 is 11.3 Å². The van der Waals surface area contributed by atoms with E-state index in [4.69, 9.17) is 0 Å². The molecule has 15 heavy (non-hydrogen) atoms. The largest absolute Gasteiger partial charge is 0.329 e. The highest BCUT2D eigenvalue weighted by Crippen LogP contribution is 2.16. The molecule has 0 aliphatic carbocycles. The molecule has 2 aromatic rings. The van der Waals surface area contributed by atoms with Crippen molar-refractivity contribution in [2.24, 2.45) is 0 Å². The second-order valence-corrected chi connectivity index (χ2v) is 4.80. The molecule has 3 heterocycles. The van der Waals surface area contributed by atoms with Gasteiger partial charge in [-0.1, -0.05) is 6.07 Å². The van der Waals surface area contributed by atoms with Crippen molar-refractivity contribution in [3.8, 4) is 0 Å². The van der Waals surface area contributed by atoms with Crippen LogP contribution in [-0.2, 0) is 19.5 Å². The first-order valence-electron chi connectivity index (χ1n) is 5.19. The lowest BCUT2D eigenvalue weighted by atomic mass is 10.2. The second kappa shape index (κ2) is 3.79. The molecule has 78 valence electrons. The maximum atomic E-state index is 4.44. The lowest BCUT2D eigenvalue weighted by molar-refractivity contribution is 0.603. The van der Waals surface area contributed by atoms with Crippen LogP contribution in [0.1, 0.15) is 16.3 Å². The number of fused-ring (bicyclic) bond motifs is 1. The van der Waals surface area contributed by atoms with Crippen molar-refractivity contribution in [3.63, 3.8) is 0 Å². The molecule has 3 rings (SSSR count). The zero-order valence-electron chi connectivity index (χ0n) is 8.44. The van der Waals surface area contributed by atoms with Gasteiger partial charge in [-0.25, -0.2) is 4.98 Å². The number of rotatable bonds is 2. The van der Waals surface area contributed by atoms with Crippen molar-refractivity contribution in [3.05, 3.63) is 40.1 Å². The van der Waals surface area contributed by atoms with E-state index in [-0.39, 0.29) is 0 Å². The Morgan fingerprint density at radius 1 is 1.53 bits per heavy atom. The molecule has 0 spiro atoms. The number of nitrogens with zero attached hydrogens (tertiary/aromatic N) is 2. The molecule has 2 aromatic heterocycles. The standard InChI is InChI=1S/C11H13N3S/c1-2-9(15-5-1)7-14-8-13-10-6-12-4-3-11(10)14/h1-2,5,8,12H,3-4,6-7H2. The molecule has 0 saturated carbocycles. The smallest absolute Gasteiger partial charge is 0.0955 e. The summed E-state index contributed by atoms with van der Waals surface area (Å²) in [6, 6.07) is 4.28. The normalized spacial score (nSPS) is 15.2. The molecule has 0 aromatic carbocycles. The van der Waals surface area contributed by atoms with E-state index in [1.54, 1.807) is 0 Å². The van der Waals surface area contributed by atoms with Crippen LogP contribution in [0.2, 0.25) is 0 Å². The molecule has 1 aliphatic heterocycles. The lowest BCUT2D eigenvalue weighted by Crippen LogP contribution is -2.25. The summed E-state index contributed by atoms with van der Waals surface area (Å²) in [6.07, 6.45) is 3.07. The van der Waals surface area contributed by atoms with Gasteiger partial charge in [0.05, 0.1) is 18.6 Å². The molecular formula is C11H13N3S. The Bertz CT molecular complexity index is 444. The molecule has 0 atom stereocenters. The third-order valence-electron chi connectivity index (χ3n) is 2.77. The van der Waals surface area contributed by atoms with Crippen molar-refractivity contribution in [2.75, 3.05) is 6.54 Å². The first kappa shape index (κ1) is 9.12. The van der Waals surface area contributed by atoms with E-state index in [1.807, 2.05) is 17.7 Å². The van der Waals surface area contributed by atoms with Gasteiger partial charge < -0.3 is 9.88 Å². The predicted molar refractivity (Wildman–Crippen MR) is 61.1 cm³/mol. The minimum absolute atomic E-state index is 0.923. The summed E-state index contributed by atoms with van der Waals surface area (Å²) >= 11 is 1.81. The summed E-state index contributed by atoms with van der Waals surface area (Å²) in [5.41, 5.74) is 2.62. The van der Waals surface area contributed by atoms with Crippen LogP contribution in [0.15, 0.2) is 23.8 Å². The van der Waals surface area contributed by atoms with Crippen LogP contribution < -0.4 is 5.32 Å². The first-order valence-corrected chi connectivity index (χ1v) is 6.07. The number of aromatic nitrogens is 2. The maximum Gasteiger partial charge on any atom is 0.0955 e. The fourth-order valence-electron chi connectivity index (χ4n) is 2.01. The molecule has 0 radical (unpaired) electrons. The number of thiophene rings is 1. The molecule has 0 unspecified atom stereocenters. The van der Waals surface area contributed by atoms with Crippen LogP contribution >= 0.6 is 11.3 Å². The van der Waals surface area contributed by atoms with Gasteiger partial charge in [0.25, 0.3) is 0 Å². The minimum atomic E-state index is 0.923. The number of nitrogens with one attached hydrogen (secondary N) is 1. The topological polar surface area (TPSA) is 29.9 Å². The monoisotopic (exact) mass is 219 g/mol. The van der Waals surface area contributed by atoms with Crippen molar-refractivity contribution in [2.45, 2.75) is 19.5 Å². The SMILES string of the molecule is c1csc(Cn2cnc3c2CCNC3)c1. The van der Waals surface area contributed by atoms with Crippen LogP contribution in [0.25, 0.3) is 0 Å². The number of hydrogen-bond donors (Lipinski definition) is 1. The summed E-state index contributed by atoms with van der Waals surface area (Å²) in [5.74, 6) is 0. The summed E-state index contributed by atoms with van der Waals surface area (Å²) in [5, 5.41) is 5.47. The van der Waals surface area contributed by atoms with E-state index >= 15 is 0 Å². The Morgan fingerprint density at radius 2 is 2.53 bits per heavy atom. The van der Waals surface area contributed by atoms with Gasteiger partial charge in [-0.3, -0.25) is 0 Å². The zero-order valence-corrected chi connectivity index (χ0v) is 9.26. The molecule has 0 saturated heterocycles. The van der Waals surface area contributed by atoms with Crippen molar-refractivity contribution in [1.29, 1.82) is 0 Å². The molecule has 1 N–H and O–H groups in total. The Morgan fingerprint density at radius 3 is 3.40 bits per heavy atom. The van der Waals surface area contributed by atoms with Crippen LogP contribution in [0.3, 0.4) is 0 Å². The van der Waals surface area contributed by atoms with E-state index in [0.29, 0.717) is 0 Å². The average Bonchev–Trinajstić information content (AvgIpc) is 2.89. The quantitative estimate of drug-likeness (QED) is 0.832. The Labute approximate surface area is 92.8 Å². The Hall–Kier alpha value is -1.13. The van der Waals surface area contributed by atoms with Crippen LogP contribution in [0.4, 0.5) is 0 Å². The van der Waals surface area contributed by atoms with E-state index in [0.717, 1.165) is 26.1 Å². The molecule has 1 aliphatic rings. The van der Waals surface area contributed by atoms with E-state index in [9.17, 15) is 0 Å². The van der Waals surface area contributed by atoms with Crippen LogP contribution in [-0.4, -0.2) is 16.1 Å². The fourth-order valence-corrected chi connectivity index (χ4v) is 2.71. The molecule has 4 heteroatoms. The number of imidazole rings is 1. The van der Waals surface area contributed by atoms with Crippen LogP contribution in [0, 0.1) is 0 Å². The van der Waals surface area contributed by atoms with Gasteiger partial charge in [-0.15, -0.1) is 11.3 Å². The highest BCUT2D eigenvalue weighted by molar-refractivity contribution is 7.09.